The largest absolute Gasteiger partial charge is 0.494 e. The van der Waals surface area contributed by atoms with Crippen molar-refractivity contribution < 1.29 is 14.1 Å². The Labute approximate surface area is 142 Å². The van der Waals surface area contributed by atoms with Gasteiger partial charge < -0.3 is 14.6 Å². The molecule has 2 rings (SSSR count). The first kappa shape index (κ1) is 18.0. The predicted molar refractivity (Wildman–Crippen MR) is 91.9 cm³/mol. The van der Waals surface area contributed by atoms with Gasteiger partial charge >= 0.3 is 0 Å². The molecule has 1 aromatic heterocycles. The Morgan fingerprint density at radius 2 is 2.17 bits per heavy atom. The maximum absolute atomic E-state index is 11.9. The molecule has 0 aliphatic rings. The number of rotatable bonds is 9. The molecule has 0 bridgehead atoms. The summed E-state index contributed by atoms with van der Waals surface area (Å²) in [5.41, 5.74) is 2.00. The topological polar surface area (TPSA) is 67.6 Å². The molecule has 0 unspecified atom stereocenters. The van der Waals surface area contributed by atoms with E-state index >= 15 is 0 Å². The van der Waals surface area contributed by atoms with Gasteiger partial charge in [-0.15, -0.1) is 0 Å². The summed E-state index contributed by atoms with van der Waals surface area (Å²) in [7, 11) is 1.88. The quantitative estimate of drug-likeness (QED) is 0.714. The summed E-state index contributed by atoms with van der Waals surface area (Å²) in [6, 6.07) is 9.81. The number of hydrogen-bond acceptors (Lipinski definition) is 5. The van der Waals surface area contributed by atoms with Gasteiger partial charge in [0.2, 0.25) is 5.91 Å². The molecule has 6 nitrogen and oxygen atoms in total. The molecule has 2 aromatic rings. The molecule has 0 saturated heterocycles. The number of carbonyl (C=O) groups excluding carboxylic acids is 1. The number of hydrogen-bond donors (Lipinski definition) is 1. The smallest absolute Gasteiger partial charge is 0.234 e. The number of carbonyl (C=O) groups is 1. The second kappa shape index (κ2) is 9.08. The summed E-state index contributed by atoms with van der Waals surface area (Å²) in [5.74, 6) is 1.63. The number of aryl methyl sites for hydroxylation is 2. The first-order chi connectivity index (χ1) is 11.5. The molecule has 130 valence electrons. The summed E-state index contributed by atoms with van der Waals surface area (Å²) >= 11 is 0. The molecule has 6 heteroatoms. The minimum atomic E-state index is -0.00623. The zero-order chi connectivity index (χ0) is 17.4. The van der Waals surface area contributed by atoms with Crippen LogP contribution in [0.2, 0.25) is 0 Å². The Balaban J connectivity index is 1.57. The summed E-state index contributed by atoms with van der Waals surface area (Å²) in [6.07, 6.45) is 0.770. The van der Waals surface area contributed by atoms with Crippen LogP contribution in [0.3, 0.4) is 0 Å². The molecule has 1 amide bonds. The molecular formula is C18H25N3O3. The fourth-order valence-electron chi connectivity index (χ4n) is 2.32. The highest BCUT2D eigenvalue weighted by Gasteiger charge is 2.09. The molecule has 0 aliphatic carbocycles. The van der Waals surface area contributed by atoms with Crippen molar-refractivity contribution in [2.45, 2.75) is 26.8 Å². The highest BCUT2D eigenvalue weighted by molar-refractivity contribution is 5.77. The second-order valence-corrected chi connectivity index (χ2v) is 5.97. The first-order valence-corrected chi connectivity index (χ1v) is 8.10. The fourth-order valence-corrected chi connectivity index (χ4v) is 2.32. The van der Waals surface area contributed by atoms with Gasteiger partial charge in [-0.2, -0.15) is 0 Å². The van der Waals surface area contributed by atoms with Crippen LogP contribution in [0.4, 0.5) is 0 Å². The van der Waals surface area contributed by atoms with E-state index in [0.29, 0.717) is 26.2 Å². The van der Waals surface area contributed by atoms with Gasteiger partial charge in [0.05, 0.1) is 18.8 Å². The van der Waals surface area contributed by atoms with Crippen molar-refractivity contribution in [2.24, 2.45) is 0 Å². The van der Waals surface area contributed by atoms with Crippen LogP contribution in [-0.4, -0.2) is 42.7 Å². The van der Waals surface area contributed by atoms with Crippen LogP contribution in [0, 0.1) is 13.8 Å². The van der Waals surface area contributed by atoms with Crippen molar-refractivity contribution in [1.29, 1.82) is 0 Å². The van der Waals surface area contributed by atoms with E-state index in [1.54, 1.807) is 0 Å². The molecule has 0 saturated carbocycles. The van der Waals surface area contributed by atoms with E-state index in [1.165, 1.54) is 5.56 Å². The van der Waals surface area contributed by atoms with Gasteiger partial charge in [0.15, 0.2) is 0 Å². The van der Waals surface area contributed by atoms with Crippen molar-refractivity contribution in [3.05, 3.63) is 47.3 Å². The lowest BCUT2D eigenvalue weighted by Gasteiger charge is -2.14. The van der Waals surface area contributed by atoms with Crippen LogP contribution < -0.4 is 10.1 Å². The molecule has 0 aliphatic heterocycles. The lowest BCUT2D eigenvalue weighted by Crippen LogP contribution is -2.35. The number of ether oxygens (including phenoxy) is 1. The van der Waals surface area contributed by atoms with Gasteiger partial charge in [-0.3, -0.25) is 9.69 Å². The number of amides is 1. The van der Waals surface area contributed by atoms with Crippen molar-refractivity contribution in [3.8, 4) is 5.75 Å². The summed E-state index contributed by atoms with van der Waals surface area (Å²) < 4.78 is 10.7. The molecule has 0 radical (unpaired) electrons. The zero-order valence-electron chi connectivity index (χ0n) is 14.5. The standard InChI is InChI=1S/C18H25N3O3/c1-14-6-4-7-17(10-14)23-9-5-8-19-18(22)13-21(3)12-16-11-15(2)24-20-16/h4,6-7,10-11H,5,8-9,12-13H2,1-3H3,(H,19,22). The van der Waals surface area contributed by atoms with E-state index in [2.05, 4.69) is 10.5 Å². The number of likely N-dealkylation sites (N-methyl/N-ethyl adjacent to an activating group) is 1. The van der Waals surface area contributed by atoms with Crippen molar-refractivity contribution in [3.63, 3.8) is 0 Å². The van der Waals surface area contributed by atoms with Gasteiger partial charge in [0, 0.05) is 19.2 Å². The predicted octanol–water partition coefficient (Wildman–Crippen LogP) is 2.31. The van der Waals surface area contributed by atoms with Crippen molar-refractivity contribution in [1.82, 2.24) is 15.4 Å². The Kier molecular flexibility index (Phi) is 6.81. The zero-order valence-corrected chi connectivity index (χ0v) is 14.5. The summed E-state index contributed by atoms with van der Waals surface area (Å²) in [6.45, 7) is 5.97. The molecule has 1 N–H and O–H groups in total. The van der Waals surface area contributed by atoms with Crippen LogP contribution >= 0.6 is 0 Å². The molecule has 0 atom stereocenters. The van der Waals surface area contributed by atoms with Gasteiger partial charge in [-0.05, 0) is 45.0 Å². The van der Waals surface area contributed by atoms with Crippen LogP contribution in [0.25, 0.3) is 0 Å². The number of aromatic nitrogens is 1. The van der Waals surface area contributed by atoms with Gasteiger partial charge in [0.1, 0.15) is 11.5 Å². The minimum Gasteiger partial charge on any atom is -0.494 e. The maximum atomic E-state index is 11.9. The highest BCUT2D eigenvalue weighted by Crippen LogP contribution is 2.12. The molecule has 0 spiro atoms. The van der Waals surface area contributed by atoms with Crippen molar-refractivity contribution >= 4 is 5.91 Å². The van der Waals surface area contributed by atoms with E-state index < -0.39 is 0 Å². The van der Waals surface area contributed by atoms with Gasteiger partial charge in [0.25, 0.3) is 0 Å². The van der Waals surface area contributed by atoms with Crippen LogP contribution in [-0.2, 0) is 11.3 Å². The monoisotopic (exact) mass is 331 g/mol. The molecule has 1 aromatic carbocycles. The highest BCUT2D eigenvalue weighted by atomic mass is 16.5. The van der Waals surface area contributed by atoms with Gasteiger partial charge in [-0.1, -0.05) is 17.3 Å². The Hall–Kier alpha value is -2.34. The number of benzene rings is 1. The lowest BCUT2D eigenvalue weighted by atomic mass is 10.2. The molecule has 1 heterocycles. The maximum Gasteiger partial charge on any atom is 0.234 e. The average Bonchev–Trinajstić information content (AvgIpc) is 2.91. The minimum absolute atomic E-state index is 0.00623. The summed E-state index contributed by atoms with van der Waals surface area (Å²) in [5, 5.41) is 6.82. The van der Waals surface area contributed by atoms with Crippen LogP contribution in [0.5, 0.6) is 5.75 Å². The Morgan fingerprint density at radius 3 is 2.88 bits per heavy atom. The van der Waals surface area contributed by atoms with E-state index in [-0.39, 0.29) is 5.91 Å². The number of nitrogens with one attached hydrogen (secondary N) is 1. The second-order valence-electron chi connectivity index (χ2n) is 5.97. The van der Waals surface area contributed by atoms with Crippen LogP contribution in [0.15, 0.2) is 34.9 Å². The van der Waals surface area contributed by atoms with E-state index in [4.69, 9.17) is 9.26 Å². The lowest BCUT2D eigenvalue weighted by molar-refractivity contribution is -0.122. The van der Waals surface area contributed by atoms with E-state index in [0.717, 1.165) is 23.6 Å². The number of nitrogens with zero attached hydrogens (tertiary/aromatic N) is 2. The third kappa shape index (κ3) is 6.42. The van der Waals surface area contributed by atoms with Crippen molar-refractivity contribution in [2.75, 3.05) is 26.7 Å². The third-order valence-corrected chi connectivity index (χ3v) is 3.42. The van der Waals surface area contributed by atoms with E-state index in [1.807, 2.05) is 56.1 Å². The Morgan fingerprint density at radius 1 is 1.33 bits per heavy atom. The van der Waals surface area contributed by atoms with Gasteiger partial charge in [-0.25, -0.2) is 0 Å². The summed E-state index contributed by atoms with van der Waals surface area (Å²) in [4.78, 5) is 13.8. The normalized spacial score (nSPS) is 10.8. The average molecular weight is 331 g/mol. The molecule has 0 fully saturated rings. The Bertz CT molecular complexity index is 654. The third-order valence-electron chi connectivity index (χ3n) is 3.42. The first-order valence-electron chi connectivity index (χ1n) is 8.10. The van der Waals surface area contributed by atoms with E-state index in [9.17, 15) is 4.79 Å². The molecular weight excluding hydrogens is 306 g/mol. The van der Waals surface area contributed by atoms with Crippen LogP contribution in [0.1, 0.15) is 23.4 Å². The fraction of sp³-hybridized carbons (Fsp3) is 0.444. The SMILES string of the molecule is Cc1cccc(OCCCNC(=O)CN(C)Cc2cc(C)on2)c1. The molecule has 24 heavy (non-hydrogen) atoms.